The predicted octanol–water partition coefficient (Wildman–Crippen LogP) is 0.982. The van der Waals surface area contributed by atoms with Crippen LogP contribution in [-0.2, 0) is 4.79 Å². The molecule has 3 rings (SSSR count). The Morgan fingerprint density at radius 2 is 2.12 bits per heavy atom. The lowest BCUT2D eigenvalue weighted by Gasteiger charge is -2.32. The Kier molecular flexibility index (Phi) is 5.65. The van der Waals surface area contributed by atoms with Crippen LogP contribution >= 0.6 is 11.8 Å². The van der Waals surface area contributed by atoms with Gasteiger partial charge in [0.25, 0.3) is 5.91 Å². The number of carbonyl (C=O) groups is 1. The van der Waals surface area contributed by atoms with Crippen LogP contribution in [0.25, 0.3) is 6.08 Å². The molecule has 7 heteroatoms. The van der Waals surface area contributed by atoms with Gasteiger partial charge in [0.1, 0.15) is 0 Å². The molecule has 1 saturated heterocycles. The number of nitrogens with zero attached hydrogens (tertiary/aromatic N) is 2. The van der Waals surface area contributed by atoms with E-state index in [4.69, 9.17) is 4.74 Å². The number of nitrogens with one attached hydrogen (secondary N) is 1. The highest BCUT2D eigenvalue weighted by Gasteiger charge is 2.29. The van der Waals surface area contributed by atoms with Crippen LogP contribution in [0, 0.1) is 0 Å². The van der Waals surface area contributed by atoms with Gasteiger partial charge in [0.15, 0.2) is 16.7 Å². The van der Waals surface area contributed by atoms with Crippen molar-refractivity contribution in [2.24, 2.45) is 4.99 Å². The number of benzene rings is 1. The summed E-state index contributed by atoms with van der Waals surface area (Å²) in [4.78, 5) is 20.9. The summed E-state index contributed by atoms with van der Waals surface area (Å²) >= 11 is 1.43. The van der Waals surface area contributed by atoms with E-state index >= 15 is 0 Å². The molecule has 2 N–H and O–H groups in total. The van der Waals surface area contributed by atoms with Gasteiger partial charge in [-0.3, -0.25) is 4.79 Å². The molecular formula is C18H24N3O3S+. The van der Waals surface area contributed by atoms with Crippen molar-refractivity contribution in [3.8, 4) is 11.5 Å². The van der Waals surface area contributed by atoms with Gasteiger partial charge in [0.05, 0.1) is 44.2 Å². The summed E-state index contributed by atoms with van der Waals surface area (Å²) in [6.45, 7) is 9.71. The van der Waals surface area contributed by atoms with E-state index in [0.29, 0.717) is 17.3 Å². The molecule has 1 aromatic rings. The number of aromatic hydroxyl groups is 1. The number of ether oxygens (including phenoxy) is 1. The fourth-order valence-corrected chi connectivity index (χ4v) is 3.91. The Labute approximate surface area is 152 Å². The molecule has 134 valence electrons. The zero-order valence-corrected chi connectivity index (χ0v) is 15.4. The van der Waals surface area contributed by atoms with Crippen LogP contribution < -0.4 is 9.64 Å². The number of amidine groups is 1. The number of likely N-dealkylation sites (N-methyl/N-ethyl adjacent to an activating group) is 1. The Bertz CT molecular complexity index is 710. The van der Waals surface area contributed by atoms with Crippen molar-refractivity contribution in [2.75, 3.05) is 39.3 Å². The van der Waals surface area contributed by atoms with Crippen molar-refractivity contribution in [3.05, 3.63) is 28.7 Å². The summed E-state index contributed by atoms with van der Waals surface area (Å²) < 4.78 is 5.40. The Morgan fingerprint density at radius 1 is 1.36 bits per heavy atom. The van der Waals surface area contributed by atoms with E-state index in [2.05, 4.69) is 16.8 Å². The van der Waals surface area contributed by atoms with Crippen LogP contribution in [-0.4, -0.2) is 60.4 Å². The Morgan fingerprint density at radius 3 is 2.80 bits per heavy atom. The third-order valence-corrected chi connectivity index (χ3v) is 5.48. The third-order valence-electron chi connectivity index (χ3n) is 4.43. The SMILES string of the molecule is CCOc1cc(/C=C2\SC(N3CC[NH+](CC)CC3)=NC2=O)ccc1O. The lowest BCUT2D eigenvalue weighted by molar-refractivity contribution is -0.902. The molecule has 0 aromatic heterocycles. The van der Waals surface area contributed by atoms with E-state index in [0.717, 1.165) is 43.5 Å². The van der Waals surface area contributed by atoms with Crippen LogP contribution in [0.3, 0.4) is 0 Å². The maximum Gasteiger partial charge on any atom is 0.286 e. The van der Waals surface area contributed by atoms with Gasteiger partial charge >= 0.3 is 0 Å². The van der Waals surface area contributed by atoms with E-state index in [1.165, 1.54) is 11.8 Å². The molecule has 0 bridgehead atoms. The molecule has 2 heterocycles. The van der Waals surface area contributed by atoms with Gasteiger partial charge in [-0.05, 0) is 49.4 Å². The normalized spacial score (nSPS) is 20.2. The first kappa shape index (κ1) is 17.8. The number of aliphatic imine (C=N–C) groups is 1. The first-order valence-electron chi connectivity index (χ1n) is 8.67. The lowest BCUT2D eigenvalue weighted by Crippen LogP contribution is -3.14. The van der Waals surface area contributed by atoms with Crippen LogP contribution in [0.1, 0.15) is 19.4 Å². The maximum atomic E-state index is 12.2. The van der Waals surface area contributed by atoms with Gasteiger partial charge < -0.3 is 19.6 Å². The highest BCUT2D eigenvalue weighted by Crippen LogP contribution is 2.32. The smallest absolute Gasteiger partial charge is 0.286 e. The van der Waals surface area contributed by atoms with Gasteiger partial charge in [-0.2, -0.15) is 4.99 Å². The first-order chi connectivity index (χ1) is 12.1. The number of amides is 1. The molecule has 0 aliphatic carbocycles. The molecule has 2 aliphatic heterocycles. The Hall–Kier alpha value is -1.99. The zero-order valence-electron chi connectivity index (χ0n) is 14.6. The van der Waals surface area contributed by atoms with Gasteiger partial charge in [0, 0.05) is 0 Å². The average molecular weight is 362 g/mol. The van der Waals surface area contributed by atoms with Crippen LogP contribution in [0.4, 0.5) is 0 Å². The summed E-state index contributed by atoms with van der Waals surface area (Å²) in [6.07, 6.45) is 1.80. The van der Waals surface area contributed by atoms with Crippen molar-refractivity contribution in [1.29, 1.82) is 0 Å². The molecule has 1 amide bonds. The number of carbonyl (C=O) groups excluding carboxylic acids is 1. The number of hydrogen-bond acceptors (Lipinski definition) is 5. The highest BCUT2D eigenvalue weighted by molar-refractivity contribution is 8.18. The van der Waals surface area contributed by atoms with Crippen molar-refractivity contribution < 1.29 is 19.5 Å². The minimum absolute atomic E-state index is 0.0997. The first-order valence-corrected chi connectivity index (χ1v) is 9.49. The topological polar surface area (TPSA) is 66.6 Å². The van der Waals surface area contributed by atoms with Gasteiger partial charge in [-0.25, -0.2) is 0 Å². The number of piperazine rings is 1. The molecule has 25 heavy (non-hydrogen) atoms. The van der Waals surface area contributed by atoms with E-state index in [1.54, 1.807) is 29.2 Å². The quantitative estimate of drug-likeness (QED) is 0.782. The minimum Gasteiger partial charge on any atom is -0.504 e. The summed E-state index contributed by atoms with van der Waals surface area (Å²) in [5, 5.41) is 10.6. The fourth-order valence-electron chi connectivity index (χ4n) is 2.94. The summed E-state index contributed by atoms with van der Waals surface area (Å²) in [5.74, 6) is 0.325. The molecule has 0 unspecified atom stereocenters. The van der Waals surface area contributed by atoms with E-state index in [1.807, 2.05) is 6.92 Å². The fraction of sp³-hybridized carbons (Fsp3) is 0.444. The molecule has 6 nitrogen and oxygen atoms in total. The lowest BCUT2D eigenvalue weighted by atomic mass is 10.2. The van der Waals surface area contributed by atoms with Crippen molar-refractivity contribution >= 4 is 28.9 Å². The van der Waals surface area contributed by atoms with Crippen LogP contribution in [0.15, 0.2) is 28.1 Å². The molecule has 0 saturated carbocycles. The number of phenols is 1. The summed E-state index contributed by atoms with van der Waals surface area (Å²) in [5.41, 5.74) is 0.814. The largest absolute Gasteiger partial charge is 0.504 e. The number of phenolic OH excluding ortho intramolecular Hbond substituents is 1. The monoisotopic (exact) mass is 362 g/mol. The second-order valence-corrected chi connectivity index (χ2v) is 7.07. The number of hydrogen-bond donors (Lipinski definition) is 2. The molecule has 0 spiro atoms. The maximum absolute atomic E-state index is 12.2. The average Bonchev–Trinajstić information content (AvgIpc) is 2.99. The van der Waals surface area contributed by atoms with E-state index < -0.39 is 0 Å². The van der Waals surface area contributed by atoms with E-state index in [-0.39, 0.29) is 11.7 Å². The van der Waals surface area contributed by atoms with Crippen molar-refractivity contribution in [3.63, 3.8) is 0 Å². The molecular weight excluding hydrogens is 338 g/mol. The summed E-state index contributed by atoms with van der Waals surface area (Å²) in [6, 6.07) is 5.08. The van der Waals surface area contributed by atoms with Crippen molar-refractivity contribution in [1.82, 2.24) is 4.90 Å². The standard InChI is InChI=1S/C18H23N3O3S/c1-3-20-7-9-21(10-8-20)18-19-17(23)16(25-18)12-13-5-6-14(22)15(11-13)24-4-2/h5-6,11-12,22H,3-4,7-10H2,1-2H3/p+1/b16-12-. The van der Waals surface area contributed by atoms with Crippen molar-refractivity contribution in [2.45, 2.75) is 13.8 Å². The molecule has 0 radical (unpaired) electrons. The second kappa shape index (κ2) is 7.93. The summed E-state index contributed by atoms with van der Waals surface area (Å²) in [7, 11) is 0. The van der Waals surface area contributed by atoms with Crippen LogP contribution in [0.2, 0.25) is 0 Å². The number of rotatable bonds is 4. The zero-order chi connectivity index (χ0) is 17.8. The van der Waals surface area contributed by atoms with Crippen LogP contribution in [0.5, 0.6) is 11.5 Å². The van der Waals surface area contributed by atoms with Gasteiger partial charge in [0.2, 0.25) is 0 Å². The molecule has 1 aromatic carbocycles. The van der Waals surface area contributed by atoms with E-state index in [9.17, 15) is 9.90 Å². The second-order valence-electron chi connectivity index (χ2n) is 6.06. The van der Waals surface area contributed by atoms with Gasteiger partial charge in [-0.1, -0.05) is 6.07 Å². The predicted molar refractivity (Wildman–Crippen MR) is 100 cm³/mol. The molecule has 0 atom stereocenters. The minimum atomic E-state index is -0.198. The molecule has 1 fully saturated rings. The number of quaternary nitrogens is 1. The number of thioether (sulfide) groups is 1. The Balaban J connectivity index is 1.70. The highest BCUT2D eigenvalue weighted by atomic mass is 32.2. The third kappa shape index (κ3) is 4.16. The molecule has 2 aliphatic rings. The van der Waals surface area contributed by atoms with Gasteiger partial charge in [-0.15, -0.1) is 0 Å².